The van der Waals surface area contributed by atoms with E-state index in [4.69, 9.17) is 4.42 Å². The van der Waals surface area contributed by atoms with Crippen LogP contribution in [0.25, 0.3) is 0 Å². The summed E-state index contributed by atoms with van der Waals surface area (Å²) in [5.41, 5.74) is 0.978. The lowest BCUT2D eigenvalue weighted by Gasteiger charge is -2.17. The molecule has 24 heavy (non-hydrogen) atoms. The molecule has 2 rings (SSSR count). The number of carbonyl (C=O) groups is 1. The number of rotatable bonds is 8. The fraction of sp³-hybridized carbons (Fsp3) is 0.353. The van der Waals surface area contributed by atoms with E-state index in [0.29, 0.717) is 6.54 Å². The molecule has 0 fully saturated rings. The third kappa shape index (κ3) is 4.94. The normalized spacial score (nSPS) is 11.6. The molecular formula is C17H22N2O4S. The highest BCUT2D eigenvalue weighted by atomic mass is 32.2. The number of benzene rings is 1. The predicted octanol–water partition coefficient (Wildman–Crippen LogP) is 1.96. The summed E-state index contributed by atoms with van der Waals surface area (Å²) in [6.07, 6.45) is 3.07. The molecule has 0 aliphatic carbocycles. The molecule has 1 amide bonds. The van der Waals surface area contributed by atoms with Gasteiger partial charge in [0.15, 0.2) is 0 Å². The fourth-order valence-electron chi connectivity index (χ4n) is 2.18. The van der Waals surface area contributed by atoms with Crippen LogP contribution >= 0.6 is 0 Å². The number of sulfonamides is 1. The lowest BCUT2D eigenvalue weighted by molar-refractivity contribution is -0.121. The van der Waals surface area contributed by atoms with Crippen molar-refractivity contribution < 1.29 is 17.6 Å². The molecule has 6 nitrogen and oxygen atoms in total. The van der Waals surface area contributed by atoms with Crippen LogP contribution in [0, 0.1) is 6.92 Å². The largest absolute Gasteiger partial charge is 0.469 e. The number of furan rings is 1. The molecule has 0 atom stereocenters. The zero-order valence-electron chi connectivity index (χ0n) is 13.9. The van der Waals surface area contributed by atoms with Crippen LogP contribution in [0.1, 0.15) is 17.7 Å². The molecule has 0 spiro atoms. The minimum atomic E-state index is -3.66. The van der Waals surface area contributed by atoms with Gasteiger partial charge in [-0.15, -0.1) is 0 Å². The summed E-state index contributed by atoms with van der Waals surface area (Å²) >= 11 is 0. The molecule has 0 aliphatic heterocycles. The van der Waals surface area contributed by atoms with Crippen molar-refractivity contribution in [2.45, 2.75) is 24.7 Å². The maximum Gasteiger partial charge on any atom is 0.243 e. The Balaban J connectivity index is 1.80. The Kier molecular flexibility index (Phi) is 6.16. The monoisotopic (exact) mass is 350 g/mol. The van der Waals surface area contributed by atoms with E-state index < -0.39 is 10.0 Å². The Morgan fingerprint density at radius 3 is 2.54 bits per heavy atom. The summed E-state index contributed by atoms with van der Waals surface area (Å²) in [6, 6.07) is 10.2. The van der Waals surface area contributed by atoms with E-state index >= 15 is 0 Å². The molecule has 1 aromatic carbocycles. The molecule has 1 heterocycles. The number of nitrogens with one attached hydrogen (secondary N) is 1. The number of aryl methyl sites for hydroxylation is 2. The highest BCUT2D eigenvalue weighted by molar-refractivity contribution is 7.89. The number of nitrogens with zero attached hydrogens (tertiary/aromatic N) is 1. The Labute approximate surface area is 142 Å². The molecule has 130 valence electrons. The van der Waals surface area contributed by atoms with Crippen LogP contribution in [-0.4, -0.2) is 38.8 Å². The second kappa shape index (κ2) is 8.12. The van der Waals surface area contributed by atoms with Crippen molar-refractivity contribution in [3.63, 3.8) is 0 Å². The minimum absolute atomic E-state index is 0.182. The van der Waals surface area contributed by atoms with Crippen molar-refractivity contribution >= 4 is 15.9 Å². The highest BCUT2D eigenvalue weighted by Crippen LogP contribution is 2.14. The summed E-state index contributed by atoms with van der Waals surface area (Å²) in [5.74, 6) is 0.538. The first-order valence-corrected chi connectivity index (χ1v) is 9.15. The van der Waals surface area contributed by atoms with Crippen molar-refractivity contribution in [1.82, 2.24) is 9.62 Å². The van der Waals surface area contributed by atoms with Crippen LogP contribution in [0.15, 0.2) is 52.0 Å². The summed E-state index contributed by atoms with van der Waals surface area (Å²) in [6.45, 7) is 2.14. The summed E-state index contributed by atoms with van der Waals surface area (Å²) in [4.78, 5) is 12.1. The van der Waals surface area contributed by atoms with Gasteiger partial charge in [0.1, 0.15) is 5.76 Å². The predicted molar refractivity (Wildman–Crippen MR) is 91.0 cm³/mol. The van der Waals surface area contributed by atoms with E-state index in [1.54, 1.807) is 30.5 Å². The van der Waals surface area contributed by atoms with E-state index in [9.17, 15) is 13.2 Å². The van der Waals surface area contributed by atoms with E-state index in [0.717, 1.165) is 28.5 Å². The van der Waals surface area contributed by atoms with Crippen LogP contribution in [0.5, 0.6) is 0 Å². The average molecular weight is 350 g/mol. The third-order valence-corrected chi connectivity index (χ3v) is 5.42. The number of hydrogen-bond donors (Lipinski definition) is 1. The van der Waals surface area contributed by atoms with Crippen LogP contribution in [0.4, 0.5) is 0 Å². The third-order valence-electron chi connectivity index (χ3n) is 3.60. The second-order valence-corrected chi connectivity index (χ2v) is 7.65. The maximum atomic E-state index is 12.4. The number of likely N-dealkylation sites (N-methyl/N-ethyl adjacent to an activating group) is 1. The molecular weight excluding hydrogens is 328 g/mol. The van der Waals surface area contributed by atoms with Gasteiger partial charge in [-0.3, -0.25) is 4.79 Å². The SMILES string of the molecule is Cc1ccc(S(=O)(=O)N(C)CC(=O)NCCCc2ccco2)cc1. The Morgan fingerprint density at radius 1 is 1.21 bits per heavy atom. The average Bonchev–Trinajstić information content (AvgIpc) is 3.05. The first-order chi connectivity index (χ1) is 11.4. The van der Waals surface area contributed by atoms with Crippen molar-refractivity contribution in [1.29, 1.82) is 0 Å². The van der Waals surface area contributed by atoms with E-state index in [1.807, 2.05) is 19.1 Å². The van der Waals surface area contributed by atoms with Gasteiger partial charge in [-0.25, -0.2) is 8.42 Å². The zero-order chi connectivity index (χ0) is 17.6. The molecule has 1 N–H and O–H groups in total. The minimum Gasteiger partial charge on any atom is -0.469 e. The fourth-order valence-corrected chi connectivity index (χ4v) is 3.31. The van der Waals surface area contributed by atoms with Gasteiger partial charge < -0.3 is 9.73 Å². The summed E-state index contributed by atoms with van der Waals surface area (Å²) in [5, 5.41) is 2.72. The quantitative estimate of drug-likeness (QED) is 0.738. The van der Waals surface area contributed by atoms with Crippen molar-refractivity contribution in [3.05, 3.63) is 54.0 Å². The first-order valence-electron chi connectivity index (χ1n) is 7.71. The molecule has 2 aromatic rings. The Bertz CT molecular complexity index is 752. The van der Waals surface area contributed by atoms with Gasteiger partial charge in [0.05, 0.1) is 17.7 Å². The van der Waals surface area contributed by atoms with E-state index in [-0.39, 0.29) is 17.3 Å². The maximum absolute atomic E-state index is 12.4. The smallest absolute Gasteiger partial charge is 0.243 e. The molecule has 0 radical (unpaired) electrons. The van der Waals surface area contributed by atoms with Crippen LogP contribution in [0.3, 0.4) is 0 Å². The van der Waals surface area contributed by atoms with Gasteiger partial charge >= 0.3 is 0 Å². The van der Waals surface area contributed by atoms with Gasteiger partial charge in [-0.05, 0) is 37.6 Å². The molecule has 7 heteroatoms. The van der Waals surface area contributed by atoms with Crippen molar-refractivity contribution in [2.24, 2.45) is 0 Å². The first kappa shape index (κ1) is 18.2. The van der Waals surface area contributed by atoms with Crippen molar-refractivity contribution in [2.75, 3.05) is 20.1 Å². The van der Waals surface area contributed by atoms with Gasteiger partial charge in [-0.2, -0.15) is 4.31 Å². The van der Waals surface area contributed by atoms with Gasteiger partial charge in [0.25, 0.3) is 0 Å². The standard InChI is InChI=1S/C17H22N2O4S/c1-14-7-9-16(10-8-14)24(21,22)19(2)13-17(20)18-11-3-5-15-6-4-12-23-15/h4,6-10,12H,3,5,11,13H2,1-2H3,(H,18,20). The number of carbonyl (C=O) groups excluding carboxylic acids is 1. The molecule has 0 unspecified atom stereocenters. The molecule has 0 aliphatic rings. The molecule has 0 saturated carbocycles. The zero-order valence-corrected chi connectivity index (χ0v) is 14.7. The topological polar surface area (TPSA) is 79.6 Å². The van der Waals surface area contributed by atoms with E-state index in [1.165, 1.54) is 7.05 Å². The summed E-state index contributed by atoms with van der Waals surface area (Å²) < 4.78 is 31.1. The second-order valence-electron chi connectivity index (χ2n) is 5.61. The van der Waals surface area contributed by atoms with Crippen molar-refractivity contribution in [3.8, 4) is 0 Å². The number of hydrogen-bond acceptors (Lipinski definition) is 4. The lowest BCUT2D eigenvalue weighted by Crippen LogP contribution is -2.38. The van der Waals surface area contributed by atoms with Crippen LogP contribution in [-0.2, 0) is 21.2 Å². The van der Waals surface area contributed by atoms with Crippen LogP contribution < -0.4 is 5.32 Å². The van der Waals surface area contributed by atoms with Gasteiger partial charge in [-0.1, -0.05) is 17.7 Å². The highest BCUT2D eigenvalue weighted by Gasteiger charge is 2.22. The molecule has 0 saturated heterocycles. The van der Waals surface area contributed by atoms with E-state index in [2.05, 4.69) is 5.32 Å². The van der Waals surface area contributed by atoms with Gasteiger partial charge in [0, 0.05) is 20.0 Å². The van der Waals surface area contributed by atoms with Gasteiger partial charge in [0.2, 0.25) is 15.9 Å². The number of amides is 1. The summed E-state index contributed by atoms with van der Waals surface area (Å²) in [7, 11) is -2.26. The lowest BCUT2D eigenvalue weighted by atomic mass is 10.2. The molecule has 0 bridgehead atoms. The Hall–Kier alpha value is -2.12. The van der Waals surface area contributed by atoms with Crippen LogP contribution in [0.2, 0.25) is 0 Å². The Morgan fingerprint density at radius 2 is 1.92 bits per heavy atom. The molecule has 1 aromatic heterocycles.